The van der Waals surface area contributed by atoms with Gasteiger partial charge in [0.2, 0.25) is 5.82 Å². The molecule has 33 heavy (non-hydrogen) atoms. The van der Waals surface area contributed by atoms with Gasteiger partial charge in [-0.2, -0.15) is 0 Å². The molecule has 1 saturated heterocycles. The smallest absolute Gasteiger partial charge is 0.293 e. The molecule has 3 heterocycles. The molecule has 1 N–H and O–H groups in total. The largest absolute Gasteiger partial charge is 0.378 e. The average Bonchev–Trinajstić information content (AvgIpc) is 3.11. The van der Waals surface area contributed by atoms with Crippen LogP contribution < -0.4 is 10.2 Å². The molecule has 1 amide bonds. The summed E-state index contributed by atoms with van der Waals surface area (Å²) in [7, 11) is 0. The molecule has 2 aromatic heterocycles. The number of nitrogens with one attached hydrogen (secondary N) is 1. The lowest BCUT2D eigenvalue weighted by molar-refractivity contribution is 0.101. The highest BCUT2D eigenvalue weighted by Crippen LogP contribution is 2.34. The van der Waals surface area contributed by atoms with Gasteiger partial charge in [0.1, 0.15) is 11.6 Å². The SMILES string of the molecule is Cc1c(C)n(-c2ccccc2)c2nc(C(=O)Nc3ccccc3F)nc(N3CCOCC3)c12. The summed E-state index contributed by atoms with van der Waals surface area (Å²) in [4.78, 5) is 24.6. The monoisotopic (exact) mass is 445 g/mol. The highest BCUT2D eigenvalue weighted by molar-refractivity contribution is 6.04. The molecule has 7 nitrogen and oxygen atoms in total. The number of para-hydroxylation sites is 2. The van der Waals surface area contributed by atoms with Crippen LogP contribution in [0.15, 0.2) is 54.6 Å². The van der Waals surface area contributed by atoms with E-state index in [-0.39, 0.29) is 11.5 Å². The summed E-state index contributed by atoms with van der Waals surface area (Å²) in [6.07, 6.45) is 0. The quantitative estimate of drug-likeness (QED) is 0.508. The van der Waals surface area contributed by atoms with Gasteiger partial charge < -0.3 is 15.0 Å². The number of hydrogen-bond donors (Lipinski definition) is 1. The second kappa shape index (κ2) is 8.63. The lowest BCUT2D eigenvalue weighted by Gasteiger charge is -2.28. The standard InChI is InChI=1S/C25H24FN5O2/c1-16-17(2)31(18-8-4-3-5-9-18)24-21(16)23(30-12-14-33-15-13-30)28-22(29-24)25(32)27-20-11-7-6-10-19(20)26/h3-11H,12-15H2,1-2H3,(H,27,32). The first-order chi connectivity index (χ1) is 16.0. The van der Waals surface area contributed by atoms with Crippen molar-refractivity contribution in [2.24, 2.45) is 0 Å². The number of hydrogen-bond acceptors (Lipinski definition) is 5. The minimum Gasteiger partial charge on any atom is -0.378 e. The zero-order valence-corrected chi connectivity index (χ0v) is 18.5. The third kappa shape index (κ3) is 3.82. The van der Waals surface area contributed by atoms with Crippen molar-refractivity contribution in [3.05, 3.63) is 77.5 Å². The summed E-state index contributed by atoms with van der Waals surface area (Å²) in [5.41, 5.74) is 3.75. The Kier molecular flexibility index (Phi) is 5.51. The highest BCUT2D eigenvalue weighted by atomic mass is 19.1. The van der Waals surface area contributed by atoms with Crippen LogP contribution in [0.3, 0.4) is 0 Å². The van der Waals surface area contributed by atoms with Crippen molar-refractivity contribution in [2.75, 3.05) is 36.5 Å². The van der Waals surface area contributed by atoms with Crippen LogP contribution in [0.5, 0.6) is 0 Å². The highest BCUT2D eigenvalue weighted by Gasteiger charge is 2.26. The van der Waals surface area contributed by atoms with E-state index in [1.165, 1.54) is 12.1 Å². The molecule has 1 aliphatic heterocycles. The Balaban J connectivity index is 1.70. The molecule has 0 radical (unpaired) electrons. The Morgan fingerprint density at radius 1 is 1.00 bits per heavy atom. The number of aromatic nitrogens is 3. The van der Waals surface area contributed by atoms with Crippen LogP contribution in [-0.4, -0.2) is 46.7 Å². The molecule has 0 saturated carbocycles. The Hall–Kier alpha value is -3.78. The Bertz CT molecular complexity index is 1330. The van der Waals surface area contributed by atoms with E-state index in [2.05, 4.69) is 20.2 Å². The van der Waals surface area contributed by atoms with Crippen molar-refractivity contribution in [3.8, 4) is 5.69 Å². The lowest BCUT2D eigenvalue weighted by atomic mass is 10.2. The number of carbonyl (C=O) groups excluding carboxylic acids is 1. The van der Waals surface area contributed by atoms with E-state index in [1.807, 2.05) is 48.7 Å². The van der Waals surface area contributed by atoms with Crippen molar-refractivity contribution in [1.82, 2.24) is 14.5 Å². The van der Waals surface area contributed by atoms with Gasteiger partial charge in [-0.05, 0) is 43.7 Å². The van der Waals surface area contributed by atoms with Crippen LogP contribution >= 0.6 is 0 Å². The number of fused-ring (bicyclic) bond motifs is 1. The Labute approximate surface area is 190 Å². The van der Waals surface area contributed by atoms with Gasteiger partial charge in [0.25, 0.3) is 5.91 Å². The molecule has 0 spiro atoms. The number of ether oxygens (including phenoxy) is 1. The average molecular weight is 445 g/mol. The number of aryl methyl sites for hydroxylation is 1. The first-order valence-electron chi connectivity index (χ1n) is 10.9. The molecular weight excluding hydrogens is 421 g/mol. The fourth-order valence-corrected chi connectivity index (χ4v) is 4.18. The number of benzene rings is 2. The van der Waals surface area contributed by atoms with Crippen molar-refractivity contribution in [3.63, 3.8) is 0 Å². The van der Waals surface area contributed by atoms with Crippen LogP contribution in [0.1, 0.15) is 21.9 Å². The molecule has 168 valence electrons. The van der Waals surface area contributed by atoms with Crippen LogP contribution in [0.4, 0.5) is 15.9 Å². The summed E-state index contributed by atoms with van der Waals surface area (Å²) in [6, 6.07) is 15.9. The molecule has 0 atom stereocenters. The van der Waals surface area contributed by atoms with Gasteiger partial charge in [0.15, 0.2) is 5.65 Å². The number of anilines is 2. The van der Waals surface area contributed by atoms with Gasteiger partial charge in [-0.3, -0.25) is 9.36 Å². The van der Waals surface area contributed by atoms with Gasteiger partial charge in [-0.15, -0.1) is 0 Å². The molecule has 0 unspecified atom stereocenters. The predicted octanol–water partition coefficient (Wildman–Crippen LogP) is 4.27. The van der Waals surface area contributed by atoms with Crippen LogP contribution in [0, 0.1) is 19.7 Å². The minimum absolute atomic E-state index is 0.0121. The van der Waals surface area contributed by atoms with Crippen molar-refractivity contribution < 1.29 is 13.9 Å². The second-order valence-corrected chi connectivity index (χ2v) is 7.98. The molecule has 2 aromatic carbocycles. The first kappa shape index (κ1) is 21.1. The van der Waals surface area contributed by atoms with Crippen LogP contribution in [-0.2, 0) is 4.74 Å². The molecule has 5 rings (SSSR count). The van der Waals surface area contributed by atoms with E-state index in [4.69, 9.17) is 4.74 Å². The van der Waals surface area contributed by atoms with Crippen molar-refractivity contribution in [2.45, 2.75) is 13.8 Å². The van der Waals surface area contributed by atoms with Gasteiger partial charge in [-0.1, -0.05) is 30.3 Å². The normalized spacial score (nSPS) is 14.0. The van der Waals surface area contributed by atoms with Crippen LogP contribution in [0.25, 0.3) is 16.7 Å². The van der Waals surface area contributed by atoms with E-state index >= 15 is 0 Å². The number of amides is 1. The number of halogens is 1. The van der Waals surface area contributed by atoms with Crippen molar-refractivity contribution >= 4 is 28.4 Å². The molecular formula is C25H24FN5O2. The van der Waals surface area contributed by atoms with Gasteiger partial charge in [0.05, 0.1) is 24.3 Å². The number of nitrogens with zero attached hydrogens (tertiary/aromatic N) is 4. The van der Waals surface area contributed by atoms with E-state index < -0.39 is 11.7 Å². The summed E-state index contributed by atoms with van der Waals surface area (Å²) in [6.45, 7) is 6.57. The maximum absolute atomic E-state index is 14.1. The number of morpholine rings is 1. The Morgan fingerprint density at radius 3 is 2.42 bits per heavy atom. The third-order valence-corrected chi connectivity index (χ3v) is 5.99. The second-order valence-electron chi connectivity index (χ2n) is 7.98. The van der Waals surface area contributed by atoms with Crippen molar-refractivity contribution in [1.29, 1.82) is 0 Å². The molecule has 0 bridgehead atoms. The predicted molar refractivity (Wildman–Crippen MR) is 126 cm³/mol. The van der Waals surface area contributed by atoms with Gasteiger partial charge in [0, 0.05) is 24.5 Å². The third-order valence-electron chi connectivity index (χ3n) is 5.99. The maximum atomic E-state index is 14.1. The zero-order valence-electron chi connectivity index (χ0n) is 18.5. The first-order valence-corrected chi connectivity index (χ1v) is 10.9. The van der Waals surface area contributed by atoms with E-state index in [1.54, 1.807) is 12.1 Å². The molecule has 4 aromatic rings. The summed E-state index contributed by atoms with van der Waals surface area (Å²) in [5.74, 6) is -0.397. The van der Waals surface area contributed by atoms with Crippen LogP contribution in [0.2, 0.25) is 0 Å². The minimum atomic E-state index is -0.562. The fraction of sp³-hybridized carbons (Fsp3) is 0.240. The number of carbonyl (C=O) groups is 1. The molecule has 8 heteroatoms. The topological polar surface area (TPSA) is 72.3 Å². The summed E-state index contributed by atoms with van der Waals surface area (Å²) < 4.78 is 21.7. The van der Waals surface area contributed by atoms with Gasteiger partial charge in [-0.25, -0.2) is 14.4 Å². The lowest BCUT2D eigenvalue weighted by Crippen LogP contribution is -2.37. The van der Waals surface area contributed by atoms with Gasteiger partial charge >= 0.3 is 0 Å². The summed E-state index contributed by atoms with van der Waals surface area (Å²) in [5, 5.41) is 3.51. The summed E-state index contributed by atoms with van der Waals surface area (Å²) >= 11 is 0. The fourth-order valence-electron chi connectivity index (χ4n) is 4.18. The van der Waals surface area contributed by atoms with E-state index in [0.29, 0.717) is 37.8 Å². The van der Waals surface area contributed by atoms with E-state index in [0.717, 1.165) is 22.3 Å². The zero-order chi connectivity index (χ0) is 22.9. The molecule has 1 aliphatic rings. The van der Waals surface area contributed by atoms with E-state index in [9.17, 15) is 9.18 Å². The number of rotatable bonds is 4. The molecule has 1 fully saturated rings. The Morgan fingerprint density at radius 2 is 1.70 bits per heavy atom. The molecule has 0 aliphatic carbocycles. The maximum Gasteiger partial charge on any atom is 0.293 e.